The van der Waals surface area contributed by atoms with Crippen LogP contribution in [0.2, 0.25) is 0 Å². The Bertz CT molecular complexity index is 1060. The third kappa shape index (κ3) is 3.14. The summed E-state index contributed by atoms with van der Waals surface area (Å²) in [4.78, 5) is 19.3. The summed E-state index contributed by atoms with van der Waals surface area (Å²) in [6.07, 6.45) is 2.06. The third-order valence-electron chi connectivity index (χ3n) is 5.26. The zero-order chi connectivity index (χ0) is 19.1. The van der Waals surface area contributed by atoms with Crippen molar-refractivity contribution in [3.05, 3.63) is 57.9 Å². The van der Waals surface area contributed by atoms with E-state index >= 15 is 0 Å². The fourth-order valence-corrected chi connectivity index (χ4v) is 4.42. The Labute approximate surface area is 167 Å². The summed E-state index contributed by atoms with van der Waals surface area (Å²) in [5, 5.41) is 3.15. The number of carbonyl (C=O) groups excluding carboxylic acids is 1. The number of hydrogen-bond acceptors (Lipinski definition) is 5. The minimum Gasteiger partial charge on any atom is -0.454 e. The molecule has 0 N–H and O–H groups in total. The zero-order valence-electron chi connectivity index (χ0n) is 15.6. The lowest BCUT2D eigenvalue weighted by molar-refractivity contribution is -0.118. The van der Waals surface area contributed by atoms with E-state index in [0.717, 1.165) is 52.0 Å². The first kappa shape index (κ1) is 17.3. The van der Waals surface area contributed by atoms with Crippen LogP contribution in [0.4, 0.5) is 5.69 Å². The van der Waals surface area contributed by atoms with Gasteiger partial charge < -0.3 is 14.4 Å². The van der Waals surface area contributed by atoms with Crippen LogP contribution in [0.3, 0.4) is 0 Å². The van der Waals surface area contributed by atoms with Crippen LogP contribution in [0.1, 0.15) is 22.6 Å². The summed E-state index contributed by atoms with van der Waals surface area (Å²) in [5.74, 6) is 1.70. The van der Waals surface area contributed by atoms with E-state index in [0.29, 0.717) is 12.8 Å². The number of carbonyl (C=O) groups is 1. The van der Waals surface area contributed by atoms with Crippen molar-refractivity contribution in [2.45, 2.75) is 26.2 Å². The van der Waals surface area contributed by atoms with Crippen molar-refractivity contribution in [3.63, 3.8) is 0 Å². The number of benzene rings is 2. The largest absolute Gasteiger partial charge is 0.454 e. The van der Waals surface area contributed by atoms with E-state index in [9.17, 15) is 4.79 Å². The molecule has 1 aromatic heterocycles. The summed E-state index contributed by atoms with van der Waals surface area (Å²) in [6, 6.07) is 12.2. The van der Waals surface area contributed by atoms with Crippen molar-refractivity contribution in [2.24, 2.45) is 0 Å². The molecule has 0 bridgehead atoms. The van der Waals surface area contributed by atoms with Gasteiger partial charge in [-0.05, 0) is 55.2 Å². The SMILES string of the molecule is Cc1nc(-c2ccc3c(c2)CCN3C(=O)CCc2ccc3c(c2)OCO3)cs1. The highest BCUT2D eigenvalue weighted by Gasteiger charge is 2.25. The van der Waals surface area contributed by atoms with Crippen LogP contribution in [0, 0.1) is 6.92 Å². The Kier molecular flexibility index (Phi) is 4.28. The molecule has 3 heterocycles. The highest BCUT2D eigenvalue weighted by Crippen LogP contribution is 2.34. The second-order valence-electron chi connectivity index (χ2n) is 7.08. The Morgan fingerprint density at radius 2 is 2.07 bits per heavy atom. The number of rotatable bonds is 4. The van der Waals surface area contributed by atoms with Crippen molar-refractivity contribution >= 4 is 22.9 Å². The molecule has 0 aliphatic carbocycles. The minimum absolute atomic E-state index is 0.161. The molecule has 0 saturated carbocycles. The van der Waals surface area contributed by atoms with Gasteiger partial charge in [0.05, 0.1) is 10.7 Å². The molecule has 2 aromatic carbocycles. The maximum Gasteiger partial charge on any atom is 0.231 e. The summed E-state index contributed by atoms with van der Waals surface area (Å²) < 4.78 is 10.8. The molecule has 3 aromatic rings. The Balaban J connectivity index is 1.28. The second-order valence-corrected chi connectivity index (χ2v) is 8.14. The second kappa shape index (κ2) is 6.95. The molecule has 28 heavy (non-hydrogen) atoms. The number of fused-ring (bicyclic) bond motifs is 2. The molecule has 2 aliphatic rings. The van der Waals surface area contributed by atoms with Gasteiger partial charge in [-0.25, -0.2) is 4.98 Å². The van der Waals surface area contributed by atoms with E-state index in [1.807, 2.05) is 30.0 Å². The van der Waals surface area contributed by atoms with Gasteiger partial charge in [0.25, 0.3) is 0 Å². The molecule has 0 radical (unpaired) electrons. The van der Waals surface area contributed by atoms with E-state index in [-0.39, 0.29) is 12.7 Å². The van der Waals surface area contributed by atoms with Crippen LogP contribution in [-0.2, 0) is 17.6 Å². The maximum absolute atomic E-state index is 12.8. The first-order chi connectivity index (χ1) is 13.7. The zero-order valence-corrected chi connectivity index (χ0v) is 16.4. The lowest BCUT2D eigenvalue weighted by Crippen LogP contribution is -2.29. The Morgan fingerprint density at radius 1 is 1.18 bits per heavy atom. The van der Waals surface area contributed by atoms with Crippen molar-refractivity contribution in [3.8, 4) is 22.8 Å². The van der Waals surface area contributed by atoms with Gasteiger partial charge in [0.1, 0.15) is 0 Å². The third-order valence-corrected chi connectivity index (χ3v) is 6.03. The van der Waals surface area contributed by atoms with Crippen LogP contribution < -0.4 is 14.4 Å². The fourth-order valence-electron chi connectivity index (χ4n) is 3.80. The molecule has 5 rings (SSSR count). The van der Waals surface area contributed by atoms with Crippen molar-refractivity contribution in [1.82, 2.24) is 4.98 Å². The first-order valence-electron chi connectivity index (χ1n) is 9.42. The first-order valence-corrected chi connectivity index (χ1v) is 10.3. The van der Waals surface area contributed by atoms with Gasteiger partial charge in [-0.2, -0.15) is 0 Å². The maximum atomic E-state index is 12.8. The Hall–Kier alpha value is -2.86. The van der Waals surface area contributed by atoms with Gasteiger partial charge in [0, 0.05) is 29.6 Å². The molecule has 0 fully saturated rings. The summed E-state index contributed by atoms with van der Waals surface area (Å²) in [7, 11) is 0. The van der Waals surface area contributed by atoms with Crippen molar-refractivity contribution < 1.29 is 14.3 Å². The number of aromatic nitrogens is 1. The lowest BCUT2D eigenvalue weighted by atomic mass is 10.1. The molecular formula is C22H20N2O3S. The minimum atomic E-state index is 0.161. The number of thiazole rings is 1. The molecule has 1 amide bonds. The number of nitrogens with zero attached hydrogens (tertiary/aromatic N) is 2. The average Bonchev–Trinajstić information content (AvgIpc) is 3.44. The quantitative estimate of drug-likeness (QED) is 0.662. The molecule has 0 spiro atoms. The number of ether oxygens (including phenoxy) is 2. The van der Waals surface area contributed by atoms with Crippen molar-refractivity contribution in [2.75, 3.05) is 18.2 Å². The monoisotopic (exact) mass is 392 g/mol. The normalized spacial score (nSPS) is 14.4. The number of anilines is 1. The molecule has 2 aliphatic heterocycles. The van der Waals surface area contributed by atoms with E-state index in [4.69, 9.17) is 9.47 Å². The topological polar surface area (TPSA) is 51.7 Å². The summed E-state index contributed by atoms with van der Waals surface area (Å²) in [6.45, 7) is 3.03. The molecule has 0 atom stereocenters. The van der Waals surface area contributed by atoms with Crippen LogP contribution in [0.15, 0.2) is 41.8 Å². The molecular weight excluding hydrogens is 372 g/mol. The van der Waals surface area contributed by atoms with Gasteiger partial charge in [0.15, 0.2) is 11.5 Å². The van der Waals surface area contributed by atoms with Gasteiger partial charge in [-0.3, -0.25) is 4.79 Å². The molecule has 6 heteroatoms. The van der Waals surface area contributed by atoms with Crippen molar-refractivity contribution in [1.29, 1.82) is 0 Å². The van der Waals surface area contributed by atoms with Gasteiger partial charge in [-0.1, -0.05) is 12.1 Å². The molecule has 5 nitrogen and oxygen atoms in total. The van der Waals surface area contributed by atoms with E-state index in [2.05, 4.69) is 28.6 Å². The van der Waals surface area contributed by atoms with Gasteiger partial charge in [0.2, 0.25) is 12.7 Å². The van der Waals surface area contributed by atoms with Crippen LogP contribution in [-0.4, -0.2) is 24.2 Å². The van der Waals surface area contributed by atoms with Gasteiger partial charge >= 0.3 is 0 Å². The van der Waals surface area contributed by atoms with Crippen LogP contribution in [0.25, 0.3) is 11.3 Å². The van der Waals surface area contributed by atoms with E-state index in [1.54, 1.807) is 11.3 Å². The lowest BCUT2D eigenvalue weighted by Gasteiger charge is -2.17. The van der Waals surface area contributed by atoms with E-state index in [1.165, 1.54) is 5.56 Å². The van der Waals surface area contributed by atoms with E-state index < -0.39 is 0 Å². The summed E-state index contributed by atoms with van der Waals surface area (Å²) >= 11 is 1.66. The Morgan fingerprint density at radius 3 is 2.93 bits per heavy atom. The highest BCUT2D eigenvalue weighted by atomic mass is 32.1. The van der Waals surface area contributed by atoms with Crippen LogP contribution >= 0.6 is 11.3 Å². The number of amides is 1. The molecule has 142 valence electrons. The standard InChI is InChI=1S/C22H20N2O3S/c1-14-23-18(12-28-14)16-4-5-19-17(11-16)8-9-24(19)22(25)7-3-15-2-6-20-21(10-15)27-13-26-20/h2,4-6,10-12H,3,7-9,13H2,1H3. The molecule has 0 unspecified atom stereocenters. The summed E-state index contributed by atoms with van der Waals surface area (Å²) in [5.41, 5.74) is 5.48. The highest BCUT2D eigenvalue weighted by molar-refractivity contribution is 7.09. The predicted octanol–water partition coefficient (Wildman–Crippen LogP) is 4.37. The van der Waals surface area contributed by atoms with Gasteiger partial charge in [-0.15, -0.1) is 11.3 Å². The molecule has 0 saturated heterocycles. The average molecular weight is 392 g/mol. The smallest absolute Gasteiger partial charge is 0.231 e. The van der Waals surface area contributed by atoms with Crippen LogP contribution in [0.5, 0.6) is 11.5 Å². The predicted molar refractivity (Wildman–Crippen MR) is 109 cm³/mol. The number of aryl methyl sites for hydroxylation is 2. The fraction of sp³-hybridized carbons (Fsp3) is 0.273. The number of hydrogen-bond donors (Lipinski definition) is 0.